The first-order chi connectivity index (χ1) is 13.9. The molecule has 0 aliphatic heterocycles. The molecule has 29 heavy (non-hydrogen) atoms. The second-order valence-electron chi connectivity index (χ2n) is 9.84. The van der Waals surface area contributed by atoms with Crippen molar-refractivity contribution in [3.63, 3.8) is 0 Å². The molecule has 156 valence electrons. The average Bonchev–Trinajstić information content (AvgIpc) is 3.00. The maximum Gasteiger partial charge on any atom is 0.303 e. The number of hydrogen-bond acceptors (Lipinski definition) is 4. The van der Waals surface area contributed by atoms with E-state index >= 15 is 0 Å². The number of oxime groups is 1. The molecule has 0 aromatic carbocycles. The van der Waals surface area contributed by atoms with E-state index in [0.717, 1.165) is 63.5 Å². The van der Waals surface area contributed by atoms with Crippen LogP contribution in [-0.4, -0.2) is 22.0 Å². The van der Waals surface area contributed by atoms with E-state index in [1.165, 1.54) is 11.1 Å². The number of allylic oxidation sites excluding steroid dienone is 4. The number of nitrogens with zero attached hydrogens (tertiary/aromatic N) is 2. The predicted molar refractivity (Wildman–Crippen MR) is 111 cm³/mol. The van der Waals surface area contributed by atoms with Crippen LogP contribution in [-0.2, 0) is 4.79 Å². The standard InChI is InChI=1S/C24H32N2O3/c1-23-11-8-19-18-7-5-17(26-29)15-16(18)4-6-20(19)21(23)9-12-24(23,13-14-25)10-2-3-22(27)28/h15,20-21,29H,2-13H2,1H3,(H,27,28)/t20?,21?,23-,24-/m0/s1. The number of rotatable bonds is 5. The van der Waals surface area contributed by atoms with Gasteiger partial charge in [0.15, 0.2) is 0 Å². The van der Waals surface area contributed by atoms with Gasteiger partial charge < -0.3 is 10.3 Å². The molecule has 0 spiro atoms. The molecule has 2 unspecified atom stereocenters. The Morgan fingerprint density at radius 2 is 2.10 bits per heavy atom. The zero-order valence-corrected chi connectivity index (χ0v) is 17.4. The van der Waals surface area contributed by atoms with Crippen molar-refractivity contribution in [2.45, 2.75) is 84.0 Å². The van der Waals surface area contributed by atoms with Crippen LogP contribution in [0.4, 0.5) is 0 Å². The molecule has 5 heteroatoms. The fraction of sp³-hybridized carbons (Fsp3) is 0.708. The van der Waals surface area contributed by atoms with Crippen molar-refractivity contribution >= 4 is 11.7 Å². The van der Waals surface area contributed by atoms with Gasteiger partial charge in [0.2, 0.25) is 0 Å². The number of aliphatic carboxylic acids is 1. The van der Waals surface area contributed by atoms with Gasteiger partial charge >= 0.3 is 5.97 Å². The summed E-state index contributed by atoms with van der Waals surface area (Å²) in [6, 6.07) is 2.47. The highest BCUT2D eigenvalue weighted by Crippen LogP contribution is 2.69. The molecule has 4 rings (SSSR count). The summed E-state index contributed by atoms with van der Waals surface area (Å²) in [7, 11) is 0. The predicted octanol–water partition coefficient (Wildman–Crippen LogP) is 5.61. The first kappa shape index (κ1) is 20.2. The van der Waals surface area contributed by atoms with E-state index in [4.69, 9.17) is 10.3 Å². The Bertz CT molecular complexity index is 834. The van der Waals surface area contributed by atoms with Crippen LogP contribution in [0.3, 0.4) is 0 Å². The molecular weight excluding hydrogens is 364 g/mol. The number of carboxylic acids is 1. The van der Waals surface area contributed by atoms with Crippen molar-refractivity contribution in [1.82, 2.24) is 0 Å². The molecular formula is C24H32N2O3. The van der Waals surface area contributed by atoms with E-state index in [1.807, 2.05) is 0 Å². The Morgan fingerprint density at radius 3 is 2.83 bits per heavy atom. The van der Waals surface area contributed by atoms with Gasteiger partial charge in [-0.15, -0.1) is 0 Å². The quantitative estimate of drug-likeness (QED) is 0.466. The van der Waals surface area contributed by atoms with Gasteiger partial charge in [-0.3, -0.25) is 4.79 Å². The molecule has 5 nitrogen and oxygen atoms in total. The van der Waals surface area contributed by atoms with Crippen LogP contribution in [0.5, 0.6) is 0 Å². The molecule has 0 aromatic heterocycles. The number of carbonyl (C=O) groups is 1. The van der Waals surface area contributed by atoms with Crippen LogP contribution in [0.1, 0.15) is 84.0 Å². The first-order valence-corrected chi connectivity index (χ1v) is 11.2. The molecule has 0 aromatic rings. The van der Waals surface area contributed by atoms with Crippen molar-refractivity contribution in [3.05, 3.63) is 22.8 Å². The Hall–Kier alpha value is -2.09. The third-order valence-electron chi connectivity index (χ3n) is 8.87. The summed E-state index contributed by atoms with van der Waals surface area (Å²) in [5.74, 6) is 0.474. The van der Waals surface area contributed by atoms with Crippen LogP contribution >= 0.6 is 0 Å². The SMILES string of the molecule is C[C@]12CCC3=C4CCC(=NO)C=C4CCC3C1CC[C@]2(CC#N)CCCC(=O)O. The highest BCUT2D eigenvalue weighted by Gasteiger charge is 2.60. The Labute approximate surface area is 173 Å². The lowest BCUT2D eigenvalue weighted by Gasteiger charge is -2.53. The van der Waals surface area contributed by atoms with Gasteiger partial charge in [-0.05, 0) is 104 Å². The fourth-order valence-corrected chi connectivity index (χ4v) is 7.37. The molecule has 0 amide bonds. The monoisotopic (exact) mass is 396 g/mol. The summed E-state index contributed by atoms with van der Waals surface area (Å²) in [5.41, 5.74) is 5.44. The van der Waals surface area contributed by atoms with Crippen molar-refractivity contribution < 1.29 is 15.1 Å². The number of hydrogen-bond donors (Lipinski definition) is 2. The molecule has 4 atom stereocenters. The summed E-state index contributed by atoms with van der Waals surface area (Å²) in [5, 5.41) is 31.3. The lowest BCUT2D eigenvalue weighted by atomic mass is 9.50. The summed E-state index contributed by atoms with van der Waals surface area (Å²) in [6.07, 6.45) is 12.8. The molecule has 2 fully saturated rings. The third kappa shape index (κ3) is 3.21. The van der Waals surface area contributed by atoms with Crippen LogP contribution in [0.25, 0.3) is 0 Å². The third-order valence-corrected chi connectivity index (χ3v) is 8.87. The minimum absolute atomic E-state index is 0.0303. The van der Waals surface area contributed by atoms with Gasteiger partial charge in [0, 0.05) is 12.8 Å². The van der Waals surface area contributed by atoms with E-state index in [1.54, 1.807) is 5.57 Å². The van der Waals surface area contributed by atoms with E-state index in [0.29, 0.717) is 24.7 Å². The highest BCUT2D eigenvalue weighted by molar-refractivity contribution is 5.97. The minimum atomic E-state index is -0.734. The van der Waals surface area contributed by atoms with Gasteiger partial charge in [-0.2, -0.15) is 5.26 Å². The number of nitriles is 1. The normalized spacial score (nSPS) is 37.4. The highest BCUT2D eigenvalue weighted by atomic mass is 16.4. The Balaban J connectivity index is 1.63. The average molecular weight is 397 g/mol. The Morgan fingerprint density at radius 1 is 1.28 bits per heavy atom. The Kier molecular flexibility index (Phi) is 5.31. The summed E-state index contributed by atoms with van der Waals surface area (Å²) in [4.78, 5) is 11.1. The molecule has 0 saturated heterocycles. The van der Waals surface area contributed by atoms with E-state index < -0.39 is 5.97 Å². The van der Waals surface area contributed by atoms with Crippen molar-refractivity contribution in [2.75, 3.05) is 0 Å². The molecule has 2 N–H and O–H groups in total. The zero-order chi connectivity index (χ0) is 20.6. The van der Waals surface area contributed by atoms with Crippen LogP contribution < -0.4 is 0 Å². The van der Waals surface area contributed by atoms with Gasteiger partial charge in [-0.25, -0.2) is 0 Å². The minimum Gasteiger partial charge on any atom is -0.481 e. The molecule has 0 bridgehead atoms. The van der Waals surface area contributed by atoms with E-state index in [9.17, 15) is 10.1 Å². The van der Waals surface area contributed by atoms with Crippen molar-refractivity contribution in [3.8, 4) is 6.07 Å². The zero-order valence-electron chi connectivity index (χ0n) is 17.4. The molecule has 4 aliphatic rings. The van der Waals surface area contributed by atoms with Crippen LogP contribution in [0.15, 0.2) is 28.0 Å². The molecule has 2 saturated carbocycles. The van der Waals surface area contributed by atoms with Gasteiger partial charge in [0.1, 0.15) is 0 Å². The van der Waals surface area contributed by atoms with Crippen molar-refractivity contribution in [1.29, 1.82) is 5.26 Å². The van der Waals surface area contributed by atoms with Crippen LogP contribution in [0.2, 0.25) is 0 Å². The van der Waals surface area contributed by atoms with Gasteiger partial charge in [0.25, 0.3) is 0 Å². The maximum absolute atomic E-state index is 11.1. The van der Waals surface area contributed by atoms with Crippen LogP contribution in [0, 0.1) is 34.0 Å². The van der Waals surface area contributed by atoms with Crippen molar-refractivity contribution in [2.24, 2.45) is 27.8 Å². The van der Waals surface area contributed by atoms with Gasteiger partial charge in [-0.1, -0.05) is 17.7 Å². The lowest BCUT2D eigenvalue weighted by Crippen LogP contribution is -2.45. The topological polar surface area (TPSA) is 93.7 Å². The number of fused-ring (bicyclic) bond motifs is 4. The molecule has 4 aliphatic carbocycles. The van der Waals surface area contributed by atoms with Gasteiger partial charge in [0.05, 0.1) is 11.8 Å². The summed E-state index contributed by atoms with van der Waals surface area (Å²) >= 11 is 0. The summed E-state index contributed by atoms with van der Waals surface area (Å²) < 4.78 is 0. The smallest absolute Gasteiger partial charge is 0.303 e. The number of carboxylic acid groups (broad SMARTS) is 1. The molecule has 0 heterocycles. The van der Waals surface area contributed by atoms with E-state index in [-0.39, 0.29) is 17.3 Å². The van der Waals surface area contributed by atoms with E-state index in [2.05, 4.69) is 24.2 Å². The molecule has 0 radical (unpaired) electrons. The summed E-state index contributed by atoms with van der Waals surface area (Å²) in [6.45, 7) is 2.41. The second kappa shape index (κ2) is 7.63. The lowest BCUT2D eigenvalue weighted by molar-refractivity contribution is -0.137. The maximum atomic E-state index is 11.1. The second-order valence-corrected chi connectivity index (χ2v) is 9.84. The first-order valence-electron chi connectivity index (χ1n) is 11.2. The largest absolute Gasteiger partial charge is 0.481 e. The fourth-order valence-electron chi connectivity index (χ4n) is 7.37.